The topological polar surface area (TPSA) is 51.2 Å². The molecule has 0 radical (unpaired) electrons. The lowest BCUT2D eigenvalue weighted by Crippen LogP contribution is -2.31. The quantitative estimate of drug-likeness (QED) is 0.517. The second-order valence-corrected chi connectivity index (χ2v) is 8.82. The fourth-order valence-electron chi connectivity index (χ4n) is 3.24. The average molecular weight is 427 g/mol. The van der Waals surface area contributed by atoms with Gasteiger partial charge in [0, 0.05) is 10.4 Å². The van der Waals surface area contributed by atoms with Gasteiger partial charge in [0.25, 0.3) is 0 Å². The number of ether oxygens (including phenoxy) is 1. The van der Waals surface area contributed by atoms with Gasteiger partial charge in [-0.3, -0.25) is 4.79 Å². The molecule has 1 heterocycles. The molecule has 1 fully saturated rings. The lowest BCUT2D eigenvalue weighted by Gasteiger charge is -2.18. The number of halogens is 1. The Labute approximate surface area is 179 Å². The van der Waals surface area contributed by atoms with Gasteiger partial charge in [-0.05, 0) is 55.5 Å². The minimum atomic E-state index is -0.00634. The Kier molecular flexibility index (Phi) is 6.16. The molecule has 1 saturated carbocycles. The van der Waals surface area contributed by atoms with E-state index in [0.717, 1.165) is 34.9 Å². The number of carbonyl (C=O) groups excluding carboxylic acids is 1. The van der Waals surface area contributed by atoms with Gasteiger partial charge >= 0.3 is 0 Å². The summed E-state index contributed by atoms with van der Waals surface area (Å²) in [4.78, 5) is 17.2. The number of hydrogen-bond acceptors (Lipinski definition) is 4. The Bertz CT molecular complexity index is 965. The average Bonchev–Trinajstić information content (AvgIpc) is 3.46. The molecule has 0 bridgehead atoms. The molecule has 1 unspecified atom stereocenters. The largest absolute Gasteiger partial charge is 0.486 e. The van der Waals surface area contributed by atoms with Crippen molar-refractivity contribution < 1.29 is 9.53 Å². The summed E-state index contributed by atoms with van der Waals surface area (Å²) >= 11 is 7.51. The number of hydrogen-bond donors (Lipinski definition) is 1. The first-order valence-corrected chi connectivity index (χ1v) is 11.0. The first-order chi connectivity index (χ1) is 14.1. The molecule has 0 spiro atoms. The first-order valence-electron chi connectivity index (χ1n) is 9.74. The zero-order valence-electron chi connectivity index (χ0n) is 16.2. The molecule has 150 valence electrons. The van der Waals surface area contributed by atoms with Crippen LogP contribution in [0.3, 0.4) is 0 Å². The van der Waals surface area contributed by atoms with Crippen molar-refractivity contribution in [1.82, 2.24) is 10.3 Å². The number of amides is 1. The van der Waals surface area contributed by atoms with Crippen LogP contribution in [0.15, 0.2) is 53.9 Å². The summed E-state index contributed by atoms with van der Waals surface area (Å²) in [5, 5.41) is 6.69. The zero-order valence-corrected chi connectivity index (χ0v) is 17.8. The number of thiazole rings is 1. The Balaban J connectivity index is 1.32. The van der Waals surface area contributed by atoms with E-state index >= 15 is 0 Å². The minimum absolute atomic E-state index is 0.00634. The maximum atomic E-state index is 12.6. The van der Waals surface area contributed by atoms with E-state index in [9.17, 15) is 4.79 Å². The molecule has 1 N–H and O–H groups in total. The molecular formula is C23H23ClN2O2S. The molecule has 2 aromatic carbocycles. The van der Waals surface area contributed by atoms with Crippen LogP contribution in [0.2, 0.25) is 5.02 Å². The molecule has 0 saturated heterocycles. The Morgan fingerprint density at radius 1 is 1.21 bits per heavy atom. The SMILES string of the molecule is Cc1ccc(OCc2nc(CC(=O)NC(c3ccc(Cl)cc3)C3CC3)cs2)cc1. The van der Waals surface area contributed by atoms with Crippen LogP contribution >= 0.6 is 22.9 Å². The molecule has 1 aliphatic rings. The van der Waals surface area contributed by atoms with Crippen molar-refractivity contribution in [2.45, 2.75) is 38.8 Å². The summed E-state index contributed by atoms with van der Waals surface area (Å²) in [5.74, 6) is 1.32. The van der Waals surface area contributed by atoms with Crippen molar-refractivity contribution in [2.24, 2.45) is 5.92 Å². The van der Waals surface area contributed by atoms with E-state index in [1.54, 1.807) is 0 Å². The van der Waals surface area contributed by atoms with E-state index in [1.165, 1.54) is 16.9 Å². The van der Waals surface area contributed by atoms with Crippen LogP contribution in [0.25, 0.3) is 0 Å². The van der Waals surface area contributed by atoms with Crippen LogP contribution in [-0.4, -0.2) is 10.9 Å². The molecule has 29 heavy (non-hydrogen) atoms. The third-order valence-corrected chi connectivity index (χ3v) is 6.09. The van der Waals surface area contributed by atoms with Crippen molar-refractivity contribution in [3.63, 3.8) is 0 Å². The summed E-state index contributed by atoms with van der Waals surface area (Å²) < 4.78 is 5.77. The van der Waals surface area contributed by atoms with Crippen molar-refractivity contribution in [2.75, 3.05) is 0 Å². The summed E-state index contributed by atoms with van der Waals surface area (Å²) in [6, 6.07) is 15.7. The lowest BCUT2D eigenvalue weighted by molar-refractivity contribution is -0.121. The minimum Gasteiger partial charge on any atom is -0.486 e. The fourth-order valence-corrected chi connectivity index (χ4v) is 4.07. The smallest absolute Gasteiger partial charge is 0.226 e. The van der Waals surface area contributed by atoms with Gasteiger partial charge < -0.3 is 10.1 Å². The van der Waals surface area contributed by atoms with E-state index in [-0.39, 0.29) is 18.4 Å². The number of carbonyl (C=O) groups is 1. The highest BCUT2D eigenvalue weighted by Gasteiger charge is 2.33. The van der Waals surface area contributed by atoms with Crippen LogP contribution in [-0.2, 0) is 17.8 Å². The number of rotatable bonds is 8. The van der Waals surface area contributed by atoms with Crippen molar-refractivity contribution >= 4 is 28.8 Å². The van der Waals surface area contributed by atoms with Crippen LogP contribution < -0.4 is 10.1 Å². The van der Waals surface area contributed by atoms with Crippen molar-refractivity contribution in [3.05, 3.63) is 80.8 Å². The first kappa shape index (κ1) is 19.9. The maximum Gasteiger partial charge on any atom is 0.226 e. The molecule has 6 heteroatoms. The second-order valence-electron chi connectivity index (χ2n) is 7.45. The fraction of sp³-hybridized carbons (Fsp3) is 0.304. The van der Waals surface area contributed by atoms with Gasteiger partial charge in [0.15, 0.2) is 0 Å². The van der Waals surface area contributed by atoms with Gasteiger partial charge in [-0.15, -0.1) is 11.3 Å². The number of aryl methyl sites for hydroxylation is 1. The molecule has 1 aliphatic carbocycles. The maximum absolute atomic E-state index is 12.6. The lowest BCUT2D eigenvalue weighted by atomic mass is 10.0. The van der Waals surface area contributed by atoms with Gasteiger partial charge in [0.05, 0.1) is 18.2 Å². The molecule has 4 rings (SSSR count). The number of aromatic nitrogens is 1. The van der Waals surface area contributed by atoms with Crippen LogP contribution in [0.5, 0.6) is 5.75 Å². The monoisotopic (exact) mass is 426 g/mol. The van der Waals surface area contributed by atoms with Crippen molar-refractivity contribution in [3.8, 4) is 5.75 Å². The molecular weight excluding hydrogens is 404 g/mol. The third-order valence-electron chi connectivity index (χ3n) is 4.96. The van der Waals surface area contributed by atoms with Crippen molar-refractivity contribution in [1.29, 1.82) is 0 Å². The Morgan fingerprint density at radius 3 is 2.62 bits per heavy atom. The predicted molar refractivity (Wildman–Crippen MR) is 116 cm³/mol. The van der Waals surface area contributed by atoms with E-state index < -0.39 is 0 Å². The molecule has 3 aromatic rings. The van der Waals surface area contributed by atoms with Crippen LogP contribution in [0.1, 0.15) is 40.7 Å². The highest BCUT2D eigenvalue weighted by molar-refractivity contribution is 7.09. The second kappa shape index (κ2) is 8.97. The third kappa shape index (κ3) is 5.58. The van der Waals surface area contributed by atoms with E-state index in [2.05, 4.69) is 10.3 Å². The zero-order chi connectivity index (χ0) is 20.2. The molecule has 1 amide bonds. The summed E-state index contributed by atoms with van der Waals surface area (Å²) in [6.45, 7) is 2.45. The Hall–Kier alpha value is -2.37. The van der Waals surface area contributed by atoms with Crippen LogP contribution in [0, 0.1) is 12.8 Å². The predicted octanol–water partition coefficient (Wildman–Crippen LogP) is 5.49. The summed E-state index contributed by atoms with van der Waals surface area (Å²) in [6.07, 6.45) is 2.56. The van der Waals surface area contributed by atoms with Gasteiger partial charge in [0.2, 0.25) is 5.91 Å². The standard InChI is InChI=1S/C23H23ClN2O2S/c1-15-2-10-20(11-3-15)28-13-22-25-19(14-29-22)12-21(27)26-23(16-4-5-16)17-6-8-18(24)9-7-17/h2-3,6-11,14,16,23H,4-5,12-13H2,1H3,(H,26,27). The number of benzene rings is 2. The summed E-state index contributed by atoms with van der Waals surface area (Å²) in [7, 11) is 0. The molecule has 1 aromatic heterocycles. The summed E-state index contributed by atoms with van der Waals surface area (Å²) in [5.41, 5.74) is 3.08. The van der Waals surface area contributed by atoms with Gasteiger partial charge in [0.1, 0.15) is 17.4 Å². The normalized spacial score (nSPS) is 14.4. The van der Waals surface area contributed by atoms with Crippen LogP contribution in [0.4, 0.5) is 0 Å². The van der Waals surface area contributed by atoms with Gasteiger partial charge in [-0.25, -0.2) is 4.98 Å². The Morgan fingerprint density at radius 2 is 1.93 bits per heavy atom. The van der Waals surface area contributed by atoms with E-state index in [4.69, 9.17) is 16.3 Å². The number of nitrogens with zero attached hydrogens (tertiary/aromatic N) is 1. The molecule has 0 aliphatic heterocycles. The van der Waals surface area contributed by atoms with E-state index in [0.29, 0.717) is 17.5 Å². The molecule has 4 nitrogen and oxygen atoms in total. The van der Waals surface area contributed by atoms with Gasteiger partial charge in [-0.2, -0.15) is 0 Å². The van der Waals surface area contributed by atoms with E-state index in [1.807, 2.05) is 60.8 Å². The highest BCUT2D eigenvalue weighted by atomic mass is 35.5. The molecule has 1 atom stereocenters. The number of nitrogens with one attached hydrogen (secondary N) is 1. The van der Waals surface area contributed by atoms with Gasteiger partial charge in [-0.1, -0.05) is 41.4 Å². The highest BCUT2D eigenvalue weighted by Crippen LogP contribution is 2.41.